The summed E-state index contributed by atoms with van der Waals surface area (Å²) < 4.78 is 7.59. The van der Waals surface area contributed by atoms with E-state index in [1.165, 1.54) is 148 Å². The van der Waals surface area contributed by atoms with Gasteiger partial charge < -0.3 is 18.9 Å². The highest BCUT2D eigenvalue weighted by atomic mass is 32.1. The largest absolute Gasteiger partial charge is 0.310 e. The first-order valence-electron chi connectivity index (χ1n) is 35.6. The van der Waals surface area contributed by atoms with E-state index in [1.807, 2.05) is 11.3 Å². The zero-order chi connectivity index (χ0) is 68.5. The number of rotatable bonds is 7. The van der Waals surface area contributed by atoms with E-state index in [4.69, 9.17) is 0 Å². The molecule has 100 heavy (non-hydrogen) atoms. The number of fused-ring (bicyclic) bond motifs is 13. The maximum absolute atomic E-state index is 2.74. The van der Waals surface area contributed by atoms with Crippen LogP contribution in [0.15, 0.2) is 273 Å². The van der Waals surface area contributed by atoms with Crippen LogP contribution in [0, 0.1) is 0 Å². The molecule has 3 aromatic heterocycles. The van der Waals surface area contributed by atoms with Crippen LogP contribution in [0.2, 0.25) is 0 Å². The van der Waals surface area contributed by atoms with Crippen molar-refractivity contribution in [1.29, 1.82) is 0 Å². The van der Waals surface area contributed by atoms with Crippen molar-refractivity contribution in [3.05, 3.63) is 295 Å². The van der Waals surface area contributed by atoms with Crippen molar-refractivity contribution >= 4 is 132 Å². The molecule has 18 rings (SSSR count). The molecule has 0 saturated heterocycles. The molecular formula is C94H81BN4S. The van der Waals surface area contributed by atoms with Crippen molar-refractivity contribution < 1.29 is 0 Å². The van der Waals surface area contributed by atoms with Crippen LogP contribution in [0.1, 0.15) is 105 Å². The molecule has 6 heteroatoms. The van der Waals surface area contributed by atoms with Gasteiger partial charge in [-0.3, -0.25) is 0 Å². The smallest absolute Gasteiger partial charge is 0.252 e. The van der Waals surface area contributed by atoms with Crippen molar-refractivity contribution in [2.24, 2.45) is 0 Å². The predicted molar refractivity (Wildman–Crippen MR) is 433 cm³/mol. The molecule has 0 N–H and O–H groups in total. The minimum atomic E-state index is -0.278. The average molecular weight is 1310 g/mol. The monoisotopic (exact) mass is 1310 g/mol. The molecule has 0 aliphatic carbocycles. The van der Waals surface area contributed by atoms with Gasteiger partial charge in [0, 0.05) is 82.3 Å². The van der Waals surface area contributed by atoms with Gasteiger partial charge in [0.15, 0.2) is 0 Å². The quantitative estimate of drug-likeness (QED) is 0.148. The van der Waals surface area contributed by atoms with E-state index < -0.39 is 0 Å². The van der Waals surface area contributed by atoms with E-state index in [0.29, 0.717) is 0 Å². The SMILES string of the molecule is CC(C)(C)c1cc(-c2ccc3c(c2)N(c2cccc4c2sc2ccccc24)c2cc(C(C)(C)C)cc4c2B3c2ccc(-n3c5ccccc5c5cc6c7ccccc7n(-c7ccccc7)c6cc53)cc2N4c2c(-c3ccccc3)cc(C(C)(C)C)cc2-c2ccccc2)cc(C(C)(C)C)c1. The Balaban J connectivity index is 0.996. The lowest BCUT2D eigenvalue weighted by molar-refractivity contribution is 0.569. The number of benzene rings is 13. The van der Waals surface area contributed by atoms with Crippen LogP contribution in [0.25, 0.3) is 109 Å². The van der Waals surface area contributed by atoms with Crippen LogP contribution in [-0.2, 0) is 21.7 Å². The van der Waals surface area contributed by atoms with Gasteiger partial charge in [0.05, 0.1) is 38.1 Å². The third-order valence-corrected chi connectivity index (χ3v) is 22.9. The van der Waals surface area contributed by atoms with E-state index in [2.05, 4.69) is 375 Å². The van der Waals surface area contributed by atoms with Crippen LogP contribution in [0.5, 0.6) is 0 Å². The van der Waals surface area contributed by atoms with Crippen molar-refractivity contribution in [3.8, 4) is 44.8 Å². The van der Waals surface area contributed by atoms with Gasteiger partial charge in [0.1, 0.15) is 0 Å². The zero-order valence-corrected chi connectivity index (χ0v) is 60.1. The van der Waals surface area contributed by atoms with E-state index in [-0.39, 0.29) is 28.4 Å². The zero-order valence-electron chi connectivity index (χ0n) is 59.3. The fourth-order valence-corrected chi connectivity index (χ4v) is 17.6. The molecule has 0 unspecified atom stereocenters. The van der Waals surface area contributed by atoms with Gasteiger partial charge >= 0.3 is 0 Å². The van der Waals surface area contributed by atoms with Gasteiger partial charge in [-0.25, -0.2) is 0 Å². The summed E-state index contributed by atoms with van der Waals surface area (Å²) in [5.41, 5.74) is 29.6. The molecule has 0 spiro atoms. The summed E-state index contributed by atoms with van der Waals surface area (Å²) >= 11 is 1.91. The molecule has 0 fully saturated rings. The number of hydrogen-bond acceptors (Lipinski definition) is 3. The Bertz CT molecular complexity index is 5930. The lowest BCUT2D eigenvalue weighted by Crippen LogP contribution is -2.61. The fourth-order valence-electron chi connectivity index (χ4n) is 16.3. The first-order chi connectivity index (χ1) is 48.1. The van der Waals surface area contributed by atoms with Gasteiger partial charge in [0.25, 0.3) is 6.71 Å². The molecule has 0 amide bonds. The molecular weight excluding hydrogens is 1230 g/mol. The third-order valence-electron chi connectivity index (χ3n) is 21.7. The molecule has 0 atom stereocenters. The highest BCUT2D eigenvalue weighted by Gasteiger charge is 2.46. The Morgan fingerprint density at radius 1 is 0.280 bits per heavy atom. The fraction of sp³-hybridized carbons (Fsp3) is 0.170. The lowest BCUT2D eigenvalue weighted by Gasteiger charge is -2.46. The van der Waals surface area contributed by atoms with Crippen LogP contribution in [0.3, 0.4) is 0 Å². The number of anilines is 6. The molecule has 2 aliphatic heterocycles. The molecule has 2 aliphatic rings. The molecule has 13 aromatic carbocycles. The molecule has 5 heterocycles. The highest BCUT2D eigenvalue weighted by molar-refractivity contribution is 7.26. The first kappa shape index (κ1) is 61.7. The lowest BCUT2D eigenvalue weighted by atomic mass is 9.33. The van der Waals surface area contributed by atoms with E-state index >= 15 is 0 Å². The van der Waals surface area contributed by atoms with E-state index in [1.54, 1.807) is 0 Å². The summed E-state index contributed by atoms with van der Waals surface area (Å²) in [7, 11) is 0. The van der Waals surface area contributed by atoms with Gasteiger partial charge in [-0.05, 0) is 174 Å². The summed E-state index contributed by atoms with van der Waals surface area (Å²) in [5.74, 6) is 0. The second-order valence-electron chi connectivity index (χ2n) is 32.2. The minimum Gasteiger partial charge on any atom is -0.310 e. The van der Waals surface area contributed by atoms with Crippen molar-refractivity contribution in [1.82, 2.24) is 9.13 Å². The van der Waals surface area contributed by atoms with Gasteiger partial charge in [-0.1, -0.05) is 265 Å². The summed E-state index contributed by atoms with van der Waals surface area (Å²) in [6.07, 6.45) is 0. The summed E-state index contributed by atoms with van der Waals surface area (Å²) in [4.78, 5) is 5.44. The first-order valence-corrected chi connectivity index (χ1v) is 36.4. The van der Waals surface area contributed by atoms with E-state index in [9.17, 15) is 0 Å². The Labute approximate surface area is 592 Å². The molecule has 486 valence electrons. The minimum absolute atomic E-state index is 0.0657. The highest BCUT2D eigenvalue weighted by Crippen LogP contribution is 2.55. The van der Waals surface area contributed by atoms with Crippen LogP contribution in [0.4, 0.5) is 34.1 Å². The Morgan fingerprint density at radius 2 is 0.750 bits per heavy atom. The summed E-state index contributed by atoms with van der Waals surface area (Å²) in [6, 6.07) is 105. The predicted octanol–water partition coefficient (Wildman–Crippen LogP) is 24.5. The van der Waals surface area contributed by atoms with Crippen LogP contribution in [-0.4, -0.2) is 15.8 Å². The number of aromatic nitrogens is 2. The molecule has 0 radical (unpaired) electrons. The van der Waals surface area contributed by atoms with Crippen molar-refractivity contribution in [2.75, 3.05) is 9.80 Å². The summed E-state index contributed by atoms with van der Waals surface area (Å²) in [5, 5.41) is 7.49. The second-order valence-corrected chi connectivity index (χ2v) is 33.2. The third kappa shape index (κ3) is 9.76. The Morgan fingerprint density at radius 3 is 1.33 bits per heavy atom. The average Bonchev–Trinajstić information content (AvgIpc) is 0.728. The number of nitrogens with zero attached hydrogens (tertiary/aromatic N) is 4. The molecule has 16 aromatic rings. The molecule has 0 bridgehead atoms. The number of hydrogen-bond donors (Lipinski definition) is 0. The maximum atomic E-state index is 2.74. The Kier molecular flexibility index (Phi) is 13.8. The topological polar surface area (TPSA) is 16.3 Å². The summed E-state index contributed by atoms with van der Waals surface area (Å²) in [6.45, 7) is 28.2. The van der Waals surface area contributed by atoms with Gasteiger partial charge in [-0.2, -0.15) is 0 Å². The van der Waals surface area contributed by atoms with Crippen molar-refractivity contribution in [3.63, 3.8) is 0 Å². The van der Waals surface area contributed by atoms with Crippen molar-refractivity contribution in [2.45, 2.75) is 105 Å². The van der Waals surface area contributed by atoms with Gasteiger partial charge in [-0.15, -0.1) is 11.3 Å². The standard InChI is InChI=1S/C94H81BN4S/c1-91(2,3)62-47-61(48-63(50-62)92(4,5)6)60-43-45-76-83(49-60)98(80-41-28-38-71-70-37-24-27-42-87(70)100-90(71)80)85-53-65(94(10,11)12)54-86-88(85)95(76)77-46-44-67(55-84(77)99(86)89-72(58-29-16-13-17-30-58)51-64(93(7,8)9)52-73(89)59-31-18-14-19-32-59)97-79-40-26-23-36-69(79)75-56-74-68-35-22-25-39-78(68)96(81(74)57-82(75)97)66-33-20-15-21-34-66/h13-57H,1-12H3. The maximum Gasteiger partial charge on any atom is 0.252 e. The van der Waals surface area contributed by atoms with Crippen LogP contribution >= 0.6 is 11.3 Å². The molecule has 0 saturated carbocycles. The number of thiophene rings is 1. The van der Waals surface area contributed by atoms with E-state index in [0.717, 1.165) is 33.8 Å². The Hall–Kier alpha value is -10.7. The molecule has 4 nitrogen and oxygen atoms in total. The van der Waals surface area contributed by atoms with Crippen LogP contribution < -0.4 is 26.2 Å². The van der Waals surface area contributed by atoms with Gasteiger partial charge in [0.2, 0.25) is 0 Å². The normalized spacial score (nSPS) is 13.3. The number of para-hydroxylation sites is 3. The second kappa shape index (κ2) is 22.4.